The number of ether oxygens (including phenoxy) is 1. The summed E-state index contributed by atoms with van der Waals surface area (Å²) >= 11 is 6.22. The number of halogens is 1. The van der Waals surface area contributed by atoms with Gasteiger partial charge in [0.05, 0.1) is 17.5 Å². The third-order valence-electron chi connectivity index (χ3n) is 6.77. The zero-order valence-corrected chi connectivity index (χ0v) is 21.0. The van der Waals surface area contributed by atoms with Crippen LogP contribution in [0.25, 0.3) is 11.3 Å². The highest BCUT2D eigenvalue weighted by Gasteiger charge is 2.48. The highest BCUT2D eigenvalue weighted by molar-refractivity contribution is 7.91. The first kappa shape index (κ1) is 23.6. The van der Waals surface area contributed by atoms with Crippen molar-refractivity contribution >= 4 is 27.3 Å². The molecule has 0 saturated carbocycles. The van der Waals surface area contributed by atoms with Crippen molar-refractivity contribution in [1.29, 1.82) is 0 Å². The Balaban J connectivity index is 1.49. The van der Waals surface area contributed by atoms with Crippen molar-refractivity contribution in [3.63, 3.8) is 0 Å². The number of rotatable bonds is 5. The number of fused-ring (bicyclic) bond motifs is 1. The van der Waals surface area contributed by atoms with Gasteiger partial charge in [-0.2, -0.15) is 5.10 Å². The molecule has 2 N–H and O–H groups in total. The molecule has 0 spiro atoms. The van der Waals surface area contributed by atoms with Crippen molar-refractivity contribution < 1.29 is 23.1 Å². The van der Waals surface area contributed by atoms with Crippen molar-refractivity contribution in [2.24, 2.45) is 0 Å². The van der Waals surface area contributed by atoms with E-state index >= 15 is 0 Å². The van der Waals surface area contributed by atoms with Gasteiger partial charge in [0.1, 0.15) is 28.6 Å². The summed E-state index contributed by atoms with van der Waals surface area (Å²) in [6, 6.07) is 20.2. The van der Waals surface area contributed by atoms with Crippen LogP contribution in [0.15, 0.2) is 72.8 Å². The third-order valence-corrected chi connectivity index (χ3v) is 8.76. The van der Waals surface area contributed by atoms with Gasteiger partial charge in [0.15, 0.2) is 9.84 Å². The molecule has 2 aliphatic heterocycles. The molecule has 0 aliphatic carbocycles. The number of sulfone groups is 1. The highest BCUT2D eigenvalue weighted by atomic mass is 35.5. The number of nitrogens with zero attached hydrogens (tertiary/aromatic N) is 2. The molecule has 1 aromatic heterocycles. The molecule has 0 radical (unpaired) electrons. The number of hydrogen-bond acceptors (Lipinski definition) is 6. The molecular weight excluding hydrogens is 514 g/mol. The Labute approximate surface area is 218 Å². The largest absolute Gasteiger partial charge is 0.507 e. The van der Waals surface area contributed by atoms with E-state index in [0.29, 0.717) is 39.8 Å². The van der Waals surface area contributed by atoms with E-state index in [-0.39, 0.29) is 28.9 Å². The summed E-state index contributed by atoms with van der Waals surface area (Å²) in [6.45, 7) is 0. The summed E-state index contributed by atoms with van der Waals surface area (Å²) in [5.41, 5.74) is 2.31. The second kappa shape index (κ2) is 8.93. The minimum Gasteiger partial charge on any atom is -0.507 e. The molecule has 1 fully saturated rings. The number of hydrogen-bond donors (Lipinski definition) is 2. The van der Waals surface area contributed by atoms with Crippen LogP contribution in [0.4, 0.5) is 0 Å². The monoisotopic (exact) mass is 535 g/mol. The van der Waals surface area contributed by atoms with Crippen LogP contribution in [0.5, 0.6) is 17.2 Å². The lowest BCUT2D eigenvalue weighted by Gasteiger charge is -2.31. The highest BCUT2D eigenvalue weighted by Crippen LogP contribution is 2.47. The first-order valence-electron chi connectivity index (χ1n) is 11.7. The van der Waals surface area contributed by atoms with Crippen LogP contribution in [0.3, 0.4) is 0 Å². The predicted octanol–water partition coefficient (Wildman–Crippen LogP) is 4.96. The van der Waals surface area contributed by atoms with Gasteiger partial charge >= 0.3 is 0 Å². The van der Waals surface area contributed by atoms with Crippen molar-refractivity contribution in [1.82, 2.24) is 15.1 Å². The van der Waals surface area contributed by atoms with E-state index < -0.39 is 21.9 Å². The molecule has 10 heteroatoms. The van der Waals surface area contributed by atoms with E-state index in [0.717, 1.165) is 5.56 Å². The van der Waals surface area contributed by atoms with E-state index in [9.17, 15) is 18.3 Å². The molecule has 4 aromatic rings. The number of carbonyl (C=O) groups is 1. The number of benzene rings is 3. The second-order valence-corrected chi connectivity index (χ2v) is 11.8. The molecular formula is C27H22ClN3O5S. The number of aromatic nitrogens is 2. The molecule has 188 valence electrons. The molecule has 1 amide bonds. The second-order valence-electron chi connectivity index (χ2n) is 9.18. The molecule has 6 rings (SSSR count). The Hall–Kier alpha value is -3.82. The van der Waals surface area contributed by atoms with E-state index in [1.54, 1.807) is 17.0 Å². The number of aromatic hydroxyl groups is 1. The molecule has 3 aromatic carbocycles. The Morgan fingerprint density at radius 2 is 1.81 bits per heavy atom. The predicted molar refractivity (Wildman–Crippen MR) is 139 cm³/mol. The molecule has 2 atom stereocenters. The normalized spacial score (nSPS) is 20.2. The minimum absolute atomic E-state index is 0.0272. The van der Waals surface area contributed by atoms with Gasteiger partial charge in [0.25, 0.3) is 5.91 Å². The molecule has 1 saturated heterocycles. The Bertz CT molecular complexity index is 1620. The number of aromatic amines is 1. The van der Waals surface area contributed by atoms with E-state index in [1.807, 2.05) is 54.6 Å². The van der Waals surface area contributed by atoms with Crippen LogP contribution >= 0.6 is 11.6 Å². The number of nitrogens with one attached hydrogen (secondary N) is 1. The van der Waals surface area contributed by atoms with Crippen LogP contribution in [-0.4, -0.2) is 52.1 Å². The van der Waals surface area contributed by atoms with Crippen molar-refractivity contribution in [3.8, 4) is 28.5 Å². The smallest absolute Gasteiger partial charge is 0.273 e. The van der Waals surface area contributed by atoms with Crippen molar-refractivity contribution in [3.05, 3.63) is 94.6 Å². The van der Waals surface area contributed by atoms with Crippen LogP contribution in [0, 0.1) is 0 Å². The van der Waals surface area contributed by atoms with Crippen molar-refractivity contribution in [2.45, 2.75) is 18.5 Å². The van der Waals surface area contributed by atoms with Gasteiger partial charge < -0.3 is 14.7 Å². The Morgan fingerprint density at radius 1 is 1.03 bits per heavy atom. The van der Waals surface area contributed by atoms with Gasteiger partial charge in [-0.05, 0) is 54.4 Å². The number of amides is 1. The number of phenolic OH excluding ortho intramolecular Hbond substituents is 1. The fraction of sp³-hybridized carbons (Fsp3) is 0.185. The van der Waals surface area contributed by atoms with Crippen molar-refractivity contribution in [2.75, 3.05) is 11.5 Å². The Kier molecular flexibility index (Phi) is 5.69. The van der Waals surface area contributed by atoms with Crippen LogP contribution < -0.4 is 4.74 Å². The fourth-order valence-corrected chi connectivity index (χ4v) is 7.02. The SMILES string of the molecule is O=C1c2[nH]nc(-c3cc(Cl)ccc3O)c2C(c2cccc(Oc3ccccc3)c2)N1C1CCS(=O)(=O)C1. The fourth-order valence-electron chi connectivity index (χ4n) is 5.14. The zero-order valence-electron chi connectivity index (χ0n) is 19.5. The molecule has 0 bridgehead atoms. The number of para-hydroxylation sites is 1. The summed E-state index contributed by atoms with van der Waals surface area (Å²) in [7, 11) is -3.26. The zero-order chi connectivity index (χ0) is 25.7. The van der Waals surface area contributed by atoms with Gasteiger partial charge in [0.2, 0.25) is 0 Å². The van der Waals surface area contributed by atoms with Crippen LogP contribution in [-0.2, 0) is 9.84 Å². The van der Waals surface area contributed by atoms with Gasteiger partial charge in [-0.3, -0.25) is 9.89 Å². The van der Waals surface area contributed by atoms with E-state index in [4.69, 9.17) is 16.3 Å². The quantitative estimate of drug-likeness (QED) is 0.373. The summed E-state index contributed by atoms with van der Waals surface area (Å²) in [5, 5.41) is 18.2. The summed E-state index contributed by atoms with van der Waals surface area (Å²) in [6.07, 6.45) is 0.347. The maximum atomic E-state index is 13.7. The molecule has 8 nitrogen and oxygen atoms in total. The first-order valence-corrected chi connectivity index (χ1v) is 13.9. The molecule has 2 unspecified atom stereocenters. The summed E-state index contributed by atoms with van der Waals surface area (Å²) in [4.78, 5) is 15.3. The topological polar surface area (TPSA) is 113 Å². The van der Waals surface area contributed by atoms with Crippen LogP contribution in [0.1, 0.15) is 34.1 Å². The minimum atomic E-state index is -3.26. The molecule has 3 heterocycles. The van der Waals surface area contributed by atoms with Crippen LogP contribution in [0.2, 0.25) is 5.02 Å². The van der Waals surface area contributed by atoms with Gasteiger partial charge in [-0.1, -0.05) is 41.9 Å². The average Bonchev–Trinajstić information content (AvgIpc) is 3.54. The maximum Gasteiger partial charge on any atom is 0.273 e. The summed E-state index contributed by atoms with van der Waals surface area (Å²) in [5.74, 6) is 0.781. The van der Waals surface area contributed by atoms with Gasteiger partial charge in [-0.25, -0.2) is 8.42 Å². The lowest BCUT2D eigenvalue weighted by Crippen LogP contribution is -2.40. The maximum absolute atomic E-state index is 13.7. The summed E-state index contributed by atoms with van der Waals surface area (Å²) < 4.78 is 30.8. The first-order chi connectivity index (χ1) is 17.8. The van der Waals surface area contributed by atoms with Gasteiger partial charge in [0, 0.05) is 22.2 Å². The number of H-pyrrole nitrogens is 1. The number of carbonyl (C=O) groups excluding carboxylic acids is 1. The van der Waals surface area contributed by atoms with Gasteiger partial charge in [-0.15, -0.1) is 0 Å². The van der Waals surface area contributed by atoms with E-state index in [1.165, 1.54) is 6.07 Å². The standard InChI is InChI=1S/C27H22ClN3O5S/c28-17-9-10-22(32)21(14-17)24-23-25(30-29-24)27(33)31(18-11-12-37(34,35)15-18)26(23)16-5-4-8-20(13-16)36-19-6-2-1-3-7-19/h1-10,13-14,18,26,32H,11-12,15H2,(H,29,30). The number of phenols is 1. The molecule has 37 heavy (non-hydrogen) atoms. The van der Waals surface area contributed by atoms with E-state index in [2.05, 4.69) is 10.2 Å². The average molecular weight is 536 g/mol. The lowest BCUT2D eigenvalue weighted by atomic mass is 9.95. The third kappa shape index (κ3) is 4.24. The molecule has 2 aliphatic rings. The lowest BCUT2D eigenvalue weighted by molar-refractivity contribution is 0.0677. The Morgan fingerprint density at radius 3 is 2.57 bits per heavy atom.